The van der Waals surface area contributed by atoms with Crippen molar-refractivity contribution in [2.24, 2.45) is 0 Å². The molecule has 2 heteroatoms. The summed E-state index contributed by atoms with van der Waals surface area (Å²) in [4.78, 5) is 1.33. The van der Waals surface area contributed by atoms with E-state index in [9.17, 15) is 0 Å². The van der Waals surface area contributed by atoms with Gasteiger partial charge in [-0.1, -0.05) is 37.3 Å². The molecule has 0 unspecified atom stereocenters. The Morgan fingerprint density at radius 2 is 1.79 bits per heavy atom. The van der Waals surface area contributed by atoms with E-state index in [1.165, 1.54) is 27.3 Å². The molecule has 0 aliphatic rings. The molecular weight excluding hydrogens is 250 g/mol. The van der Waals surface area contributed by atoms with E-state index in [2.05, 4.69) is 68.6 Å². The first-order valence-electron chi connectivity index (χ1n) is 6.72. The van der Waals surface area contributed by atoms with Crippen LogP contribution >= 0.6 is 11.8 Å². The van der Waals surface area contributed by atoms with Crippen LogP contribution in [0.5, 0.6) is 0 Å². The van der Waals surface area contributed by atoms with E-state index in [0.717, 1.165) is 12.3 Å². The number of anilines is 1. The Morgan fingerprint density at radius 1 is 1.00 bits per heavy atom. The largest absolute Gasteiger partial charge is 0.380 e. The molecule has 2 aromatic rings. The third kappa shape index (κ3) is 3.77. The van der Waals surface area contributed by atoms with Crippen molar-refractivity contribution in [3.05, 3.63) is 59.2 Å². The Morgan fingerprint density at radius 3 is 2.53 bits per heavy atom. The molecule has 2 aromatic carbocycles. The van der Waals surface area contributed by atoms with Crippen LogP contribution in [0.15, 0.2) is 47.4 Å². The summed E-state index contributed by atoms with van der Waals surface area (Å²) >= 11 is 1.88. The van der Waals surface area contributed by atoms with Crippen molar-refractivity contribution in [1.82, 2.24) is 0 Å². The van der Waals surface area contributed by atoms with Crippen molar-refractivity contribution < 1.29 is 0 Å². The molecule has 0 heterocycles. The highest BCUT2D eigenvalue weighted by molar-refractivity contribution is 7.99. The minimum Gasteiger partial charge on any atom is -0.380 e. The van der Waals surface area contributed by atoms with E-state index in [4.69, 9.17) is 0 Å². The van der Waals surface area contributed by atoms with E-state index >= 15 is 0 Å². The number of para-hydroxylation sites is 1. The zero-order chi connectivity index (χ0) is 13.7. The Kier molecular flexibility index (Phi) is 4.92. The predicted molar refractivity (Wildman–Crippen MR) is 86.1 cm³/mol. The maximum absolute atomic E-state index is 3.54. The number of rotatable bonds is 5. The Hall–Kier alpha value is -1.41. The third-order valence-electron chi connectivity index (χ3n) is 3.24. The molecule has 0 aliphatic carbocycles. The highest BCUT2D eigenvalue weighted by Crippen LogP contribution is 2.27. The Balaban J connectivity index is 2.07. The first kappa shape index (κ1) is 14.0. The van der Waals surface area contributed by atoms with E-state index in [0.29, 0.717) is 0 Å². The minimum atomic E-state index is 0.877. The predicted octanol–water partition coefficient (Wildman–Crippen LogP) is 5.03. The summed E-state index contributed by atoms with van der Waals surface area (Å²) in [6.45, 7) is 7.38. The van der Waals surface area contributed by atoms with E-state index < -0.39 is 0 Å². The third-order valence-corrected chi connectivity index (χ3v) is 4.20. The maximum Gasteiger partial charge on any atom is 0.0481 e. The van der Waals surface area contributed by atoms with Crippen LogP contribution in [-0.4, -0.2) is 5.75 Å². The van der Waals surface area contributed by atoms with Crippen molar-refractivity contribution in [3.8, 4) is 0 Å². The van der Waals surface area contributed by atoms with Gasteiger partial charge in [-0.05, 0) is 48.4 Å². The smallest absolute Gasteiger partial charge is 0.0481 e. The van der Waals surface area contributed by atoms with Gasteiger partial charge in [-0.25, -0.2) is 0 Å². The van der Waals surface area contributed by atoms with Crippen molar-refractivity contribution in [3.63, 3.8) is 0 Å². The average molecular weight is 271 g/mol. The lowest BCUT2D eigenvalue weighted by atomic mass is 10.1. The van der Waals surface area contributed by atoms with E-state index in [1.54, 1.807) is 0 Å². The normalized spacial score (nSPS) is 10.5. The molecule has 0 fully saturated rings. The summed E-state index contributed by atoms with van der Waals surface area (Å²) in [7, 11) is 0. The number of hydrogen-bond donors (Lipinski definition) is 1. The van der Waals surface area contributed by atoms with Crippen LogP contribution in [0.3, 0.4) is 0 Å². The van der Waals surface area contributed by atoms with Gasteiger partial charge in [-0.3, -0.25) is 0 Å². The van der Waals surface area contributed by atoms with Gasteiger partial charge in [0.1, 0.15) is 0 Å². The summed E-state index contributed by atoms with van der Waals surface area (Å²) in [5, 5.41) is 3.54. The molecular formula is C17H21NS. The number of hydrogen-bond acceptors (Lipinski definition) is 2. The summed E-state index contributed by atoms with van der Waals surface area (Å²) < 4.78 is 0. The standard InChI is InChI=1S/C17H21NS/c1-4-19-17-8-6-5-7-16(17)18-12-15-10-9-13(2)14(3)11-15/h5-11,18H,4,12H2,1-3H3. The molecule has 1 N–H and O–H groups in total. The molecule has 2 rings (SSSR count). The summed E-state index contributed by atoms with van der Waals surface area (Å²) in [5.74, 6) is 1.10. The van der Waals surface area contributed by atoms with Crippen LogP contribution in [0.4, 0.5) is 5.69 Å². The second kappa shape index (κ2) is 6.67. The molecule has 0 saturated heterocycles. The zero-order valence-corrected chi connectivity index (χ0v) is 12.7. The van der Waals surface area contributed by atoms with Gasteiger partial charge < -0.3 is 5.32 Å². The maximum atomic E-state index is 3.54. The zero-order valence-electron chi connectivity index (χ0n) is 11.9. The van der Waals surface area contributed by atoms with Crippen LogP contribution in [-0.2, 0) is 6.54 Å². The molecule has 0 aromatic heterocycles. The Bertz CT molecular complexity index is 549. The molecule has 0 amide bonds. The molecule has 19 heavy (non-hydrogen) atoms. The number of thioether (sulfide) groups is 1. The summed E-state index contributed by atoms with van der Waals surface area (Å²) in [6.07, 6.45) is 0. The summed E-state index contributed by atoms with van der Waals surface area (Å²) in [5.41, 5.74) is 5.27. The fraction of sp³-hybridized carbons (Fsp3) is 0.294. The van der Waals surface area contributed by atoms with Gasteiger partial charge in [0.2, 0.25) is 0 Å². The van der Waals surface area contributed by atoms with E-state index in [-0.39, 0.29) is 0 Å². The number of benzene rings is 2. The van der Waals surface area contributed by atoms with Gasteiger partial charge in [0, 0.05) is 17.1 Å². The first-order chi connectivity index (χ1) is 9.20. The van der Waals surface area contributed by atoms with Crippen molar-refractivity contribution in [2.45, 2.75) is 32.2 Å². The SMILES string of the molecule is CCSc1ccccc1NCc1ccc(C)c(C)c1. The first-order valence-corrected chi connectivity index (χ1v) is 7.71. The van der Waals surface area contributed by atoms with Crippen LogP contribution < -0.4 is 5.32 Å². The second-order valence-electron chi connectivity index (χ2n) is 4.70. The van der Waals surface area contributed by atoms with Gasteiger partial charge in [0.05, 0.1) is 0 Å². The topological polar surface area (TPSA) is 12.0 Å². The molecule has 0 bridgehead atoms. The molecule has 0 spiro atoms. The van der Waals surface area contributed by atoms with Crippen LogP contribution in [0.25, 0.3) is 0 Å². The molecule has 0 aliphatic heterocycles. The van der Waals surface area contributed by atoms with Gasteiger partial charge >= 0.3 is 0 Å². The Labute approximate surface area is 120 Å². The molecule has 0 saturated carbocycles. The van der Waals surface area contributed by atoms with Crippen molar-refractivity contribution >= 4 is 17.4 Å². The number of aryl methyl sites for hydroxylation is 2. The lowest BCUT2D eigenvalue weighted by molar-refractivity contribution is 1.12. The quantitative estimate of drug-likeness (QED) is 0.766. The van der Waals surface area contributed by atoms with Gasteiger partial charge in [-0.15, -0.1) is 11.8 Å². The fourth-order valence-electron chi connectivity index (χ4n) is 2.00. The van der Waals surface area contributed by atoms with Crippen LogP contribution in [0, 0.1) is 13.8 Å². The average Bonchev–Trinajstić information content (AvgIpc) is 2.42. The molecule has 1 nitrogen and oxygen atoms in total. The highest BCUT2D eigenvalue weighted by Gasteiger charge is 2.02. The highest BCUT2D eigenvalue weighted by atomic mass is 32.2. The van der Waals surface area contributed by atoms with E-state index in [1.807, 2.05) is 11.8 Å². The molecule has 100 valence electrons. The lowest BCUT2D eigenvalue weighted by Crippen LogP contribution is -2.01. The van der Waals surface area contributed by atoms with Crippen molar-refractivity contribution in [1.29, 1.82) is 0 Å². The van der Waals surface area contributed by atoms with Gasteiger partial charge in [-0.2, -0.15) is 0 Å². The van der Waals surface area contributed by atoms with Crippen LogP contribution in [0.1, 0.15) is 23.6 Å². The number of nitrogens with one attached hydrogen (secondary N) is 1. The molecule has 0 radical (unpaired) electrons. The summed E-state index contributed by atoms with van der Waals surface area (Å²) in [6, 6.07) is 15.2. The molecule has 0 atom stereocenters. The minimum absolute atomic E-state index is 0.877. The van der Waals surface area contributed by atoms with Gasteiger partial charge in [0.25, 0.3) is 0 Å². The van der Waals surface area contributed by atoms with Gasteiger partial charge in [0.15, 0.2) is 0 Å². The second-order valence-corrected chi connectivity index (χ2v) is 6.01. The van der Waals surface area contributed by atoms with Crippen LogP contribution in [0.2, 0.25) is 0 Å². The fourth-order valence-corrected chi connectivity index (χ4v) is 2.79. The monoisotopic (exact) mass is 271 g/mol. The van der Waals surface area contributed by atoms with Crippen molar-refractivity contribution in [2.75, 3.05) is 11.1 Å². The lowest BCUT2D eigenvalue weighted by Gasteiger charge is -2.12.